The van der Waals surface area contributed by atoms with Gasteiger partial charge < -0.3 is 4.74 Å². The minimum absolute atomic E-state index is 0.0818. The zero-order chi connectivity index (χ0) is 15.9. The molecule has 1 aromatic rings. The zero-order valence-corrected chi connectivity index (χ0v) is 13.1. The van der Waals surface area contributed by atoms with Crippen molar-refractivity contribution in [2.24, 2.45) is 0 Å². The van der Waals surface area contributed by atoms with Crippen LogP contribution < -0.4 is 0 Å². The van der Waals surface area contributed by atoms with Gasteiger partial charge in [0.1, 0.15) is 12.7 Å². The standard InChI is InChI=1S/C15H20O5S/c1-4-5-6-14(20-13(3)16)11-19-21(17,18)15-9-7-12(2)8-10-15/h4,7-10,14H,1,5-6,11H2,2-3H3/t14-/m1/s1. The highest BCUT2D eigenvalue weighted by Crippen LogP contribution is 2.15. The molecule has 1 aromatic carbocycles. The van der Waals surface area contributed by atoms with Gasteiger partial charge in [-0.25, -0.2) is 0 Å². The molecule has 0 heterocycles. The van der Waals surface area contributed by atoms with Crippen molar-refractivity contribution in [1.82, 2.24) is 0 Å². The number of esters is 1. The monoisotopic (exact) mass is 312 g/mol. The molecule has 0 aliphatic heterocycles. The molecule has 0 spiro atoms. The second-order valence-electron chi connectivity index (χ2n) is 4.65. The van der Waals surface area contributed by atoms with Gasteiger partial charge in [0.15, 0.2) is 0 Å². The molecule has 6 heteroatoms. The summed E-state index contributed by atoms with van der Waals surface area (Å²) in [5, 5.41) is 0. The molecule has 21 heavy (non-hydrogen) atoms. The minimum atomic E-state index is -3.85. The molecule has 1 rings (SSSR count). The Hall–Kier alpha value is -1.66. The molecule has 0 saturated carbocycles. The quantitative estimate of drug-likeness (QED) is 0.419. The Morgan fingerprint density at radius 2 is 1.95 bits per heavy atom. The van der Waals surface area contributed by atoms with Crippen molar-refractivity contribution in [1.29, 1.82) is 0 Å². The van der Waals surface area contributed by atoms with Gasteiger partial charge in [-0.05, 0) is 31.9 Å². The predicted molar refractivity (Wildman–Crippen MR) is 79.3 cm³/mol. The Balaban J connectivity index is 2.70. The average molecular weight is 312 g/mol. The van der Waals surface area contributed by atoms with E-state index in [1.807, 2.05) is 6.92 Å². The van der Waals surface area contributed by atoms with Crippen LogP contribution >= 0.6 is 0 Å². The molecular formula is C15H20O5S. The highest BCUT2D eigenvalue weighted by molar-refractivity contribution is 7.86. The number of rotatable bonds is 8. The SMILES string of the molecule is C=CCC[C@H](COS(=O)(=O)c1ccc(C)cc1)OC(C)=O. The summed E-state index contributed by atoms with van der Waals surface area (Å²) in [4.78, 5) is 11.1. The lowest BCUT2D eigenvalue weighted by molar-refractivity contribution is -0.148. The van der Waals surface area contributed by atoms with Crippen molar-refractivity contribution >= 4 is 16.1 Å². The fourth-order valence-electron chi connectivity index (χ4n) is 1.65. The van der Waals surface area contributed by atoms with Gasteiger partial charge >= 0.3 is 5.97 Å². The van der Waals surface area contributed by atoms with Gasteiger partial charge in [-0.3, -0.25) is 8.98 Å². The maximum Gasteiger partial charge on any atom is 0.302 e. The molecule has 5 nitrogen and oxygen atoms in total. The molecule has 1 atom stereocenters. The maximum absolute atomic E-state index is 12.0. The lowest BCUT2D eigenvalue weighted by Gasteiger charge is -2.16. The van der Waals surface area contributed by atoms with Gasteiger partial charge in [-0.2, -0.15) is 8.42 Å². The summed E-state index contributed by atoms with van der Waals surface area (Å²) in [5.41, 5.74) is 0.956. The molecule has 116 valence electrons. The number of benzene rings is 1. The second kappa shape index (κ2) is 7.95. The smallest absolute Gasteiger partial charge is 0.302 e. The third-order valence-corrected chi connectivity index (χ3v) is 4.04. The molecular weight excluding hydrogens is 292 g/mol. The van der Waals surface area contributed by atoms with Crippen LogP contribution in [-0.4, -0.2) is 27.1 Å². The Morgan fingerprint density at radius 1 is 1.33 bits per heavy atom. The Kier molecular flexibility index (Phi) is 6.58. The van der Waals surface area contributed by atoms with E-state index >= 15 is 0 Å². The van der Waals surface area contributed by atoms with Crippen LogP contribution in [0.5, 0.6) is 0 Å². The largest absolute Gasteiger partial charge is 0.460 e. The summed E-state index contributed by atoms with van der Waals surface area (Å²) in [6.07, 6.45) is 2.13. The van der Waals surface area contributed by atoms with Gasteiger partial charge in [0.05, 0.1) is 4.90 Å². The van der Waals surface area contributed by atoms with Crippen LogP contribution in [0.4, 0.5) is 0 Å². The van der Waals surface area contributed by atoms with E-state index in [0.717, 1.165) is 5.56 Å². The van der Waals surface area contributed by atoms with Crippen LogP contribution in [0, 0.1) is 6.92 Å². The van der Waals surface area contributed by atoms with E-state index in [-0.39, 0.29) is 11.5 Å². The van der Waals surface area contributed by atoms with E-state index < -0.39 is 22.2 Å². The molecule has 0 bridgehead atoms. The van der Waals surface area contributed by atoms with Crippen molar-refractivity contribution in [3.63, 3.8) is 0 Å². The molecule has 0 fully saturated rings. The fourth-order valence-corrected chi connectivity index (χ4v) is 2.59. The van der Waals surface area contributed by atoms with E-state index in [1.54, 1.807) is 18.2 Å². The maximum atomic E-state index is 12.0. The van der Waals surface area contributed by atoms with Crippen LogP contribution in [0.15, 0.2) is 41.8 Å². The summed E-state index contributed by atoms with van der Waals surface area (Å²) in [5.74, 6) is -0.472. The van der Waals surface area contributed by atoms with Crippen molar-refractivity contribution in [3.8, 4) is 0 Å². The highest BCUT2D eigenvalue weighted by atomic mass is 32.2. The van der Waals surface area contributed by atoms with Gasteiger partial charge in [0.2, 0.25) is 0 Å². The van der Waals surface area contributed by atoms with Gasteiger partial charge in [-0.1, -0.05) is 23.8 Å². The number of hydrogen-bond acceptors (Lipinski definition) is 5. The van der Waals surface area contributed by atoms with Crippen molar-refractivity contribution in [2.45, 2.75) is 37.7 Å². The first kappa shape index (κ1) is 17.4. The van der Waals surface area contributed by atoms with Gasteiger partial charge in [-0.15, -0.1) is 6.58 Å². The van der Waals surface area contributed by atoms with Crippen molar-refractivity contribution < 1.29 is 22.1 Å². The zero-order valence-electron chi connectivity index (χ0n) is 12.2. The third-order valence-electron chi connectivity index (χ3n) is 2.74. The Labute approximate surface area is 125 Å². The molecule has 0 aliphatic rings. The van der Waals surface area contributed by atoms with E-state index in [9.17, 15) is 13.2 Å². The summed E-state index contributed by atoms with van der Waals surface area (Å²) in [6, 6.07) is 6.35. The van der Waals surface area contributed by atoms with E-state index in [4.69, 9.17) is 8.92 Å². The van der Waals surface area contributed by atoms with Crippen molar-refractivity contribution in [2.75, 3.05) is 6.61 Å². The lowest BCUT2D eigenvalue weighted by Crippen LogP contribution is -2.24. The minimum Gasteiger partial charge on any atom is -0.460 e. The van der Waals surface area contributed by atoms with Crippen molar-refractivity contribution in [3.05, 3.63) is 42.5 Å². The summed E-state index contributed by atoms with van der Waals surface area (Å²) in [6.45, 7) is 6.51. The van der Waals surface area contributed by atoms with Gasteiger partial charge in [0, 0.05) is 6.92 Å². The number of carbonyl (C=O) groups excluding carboxylic acids is 1. The summed E-state index contributed by atoms with van der Waals surface area (Å²) in [7, 11) is -3.85. The van der Waals surface area contributed by atoms with E-state index in [1.165, 1.54) is 19.1 Å². The fraction of sp³-hybridized carbons (Fsp3) is 0.400. The topological polar surface area (TPSA) is 69.7 Å². The van der Waals surface area contributed by atoms with Crippen LogP contribution in [0.1, 0.15) is 25.3 Å². The van der Waals surface area contributed by atoms with E-state index in [2.05, 4.69) is 6.58 Å². The number of carbonyl (C=O) groups is 1. The molecule has 0 N–H and O–H groups in total. The third kappa shape index (κ3) is 6.10. The van der Waals surface area contributed by atoms with E-state index in [0.29, 0.717) is 12.8 Å². The molecule has 0 amide bonds. The first-order valence-electron chi connectivity index (χ1n) is 6.59. The van der Waals surface area contributed by atoms with Crippen LogP contribution in [0.3, 0.4) is 0 Å². The highest BCUT2D eigenvalue weighted by Gasteiger charge is 2.19. The predicted octanol–water partition coefficient (Wildman–Crippen LogP) is 2.60. The molecule has 0 unspecified atom stereocenters. The van der Waals surface area contributed by atoms with Gasteiger partial charge in [0.25, 0.3) is 10.1 Å². The average Bonchev–Trinajstić information content (AvgIpc) is 2.42. The summed E-state index contributed by atoms with van der Waals surface area (Å²) >= 11 is 0. The Morgan fingerprint density at radius 3 is 2.48 bits per heavy atom. The Bertz CT molecular complexity index is 575. The number of hydrogen-bond donors (Lipinski definition) is 0. The molecule has 0 radical (unpaired) electrons. The number of ether oxygens (including phenoxy) is 1. The van der Waals surface area contributed by atoms with Crippen LogP contribution in [0.25, 0.3) is 0 Å². The molecule has 0 aromatic heterocycles. The van der Waals surface area contributed by atoms with Crippen LogP contribution in [-0.2, 0) is 23.8 Å². The second-order valence-corrected chi connectivity index (χ2v) is 6.26. The number of allylic oxidation sites excluding steroid dienone is 1. The first-order chi connectivity index (χ1) is 9.85. The number of aryl methyl sites for hydroxylation is 1. The molecule has 0 saturated heterocycles. The summed E-state index contributed by atoms with van der Waals surface area (Å²) < 4.78 is 34.1. The molecule has 0 aliphatic carbocycles. The first-order valence-corrected chi connectivity index (χ1v) is 8.00. The van der Waals surface area contributed by atoms with Crippen LogP contribution in [0.2, 0.25) is 0 Å². The normalized spacial score (nSPS) is 12.7. The lowest BCUT2D eigenvalue weighted by atomic mass is 10.2.